The largest absolute Gasteiger partial charge is 0.405 e. The number of rotatable bonds is 4. The van der Waals surface area contributed by atoms with Crippen LogP contribution in [0.15, 0.2) is 54.4 Å². The van der Waals surface area contributed by atoms with Crippen LogP contribution in [0.5, 0.6) is 0 Å². The van der Waals surface area contributed by atoms with E-state index in [1.54, 1.807) is 12.2 Å². The Kier molecular flexibility index (Phi) is 4.89. The number of nitrogens with two attached hydrogens (primary N) is 2. The summed E-state index contributed by atoms with van der Waals surface area (Å²) in [6, 6.07) is 8.24. The minimum absolute atomic E-state index is 0.794. The SMILES string of the molecule is Cc1ccc(/C=C/C(=C/C=C\N)NN)cc1. The van der Waals surface area contributed by atoms with Crippen molar-refractivity contribution in [2.75, 3.05) is 0 Å². The molecule has 0 fully saturated rings. The highest BCUT2D eigenvalue weighted by atomic mass is 15.2. The standard InChI is InChI=1S/C13H17N3/c1-11-4-6-12(7-5-11)8-9-13(16-15)3-2-10-14/h2-10,16H,14-15H2,1H3/b9-8+,10-2-,13-3-. The number of benzene rings is 1. The van der Waals surface area contributed by atoms with Crippen LogP contribution in [0.2, 0.25) is 0 Å². The first-order valence-electron chi connectivity index (χ1n) is 5.06. The molecule has 0 heterocycles. The lowest BCUT2D eigenvalue weighted by molar-refractivity contribution is 0.918. The van der Waals surface area contributed by atoms with Crippen molar-refractivity contribution in [3.8, 4) is 0 Å². The van der Waals surface area contributed by atoms with Crippen LogP contribution in [0.3, 0.4) is 0 Å². The number of hydrogen-bond acceptors (Lipinski definition) is 3. The maximum Gasteiger partial charge on any atom is 0.0485 e. The van der Waals surface area contributed by atoms with Gasteiger partial charge in [0.05, 0.1) is 0 Å². The van der Waals surface area contributed by atoms with Gasteiger partial charge in [0, 0.05) is 5.70 Å². The van der Waals surface area contributed by atoms with E-state index in [1.165, 1.54) is 11.8 Å². The molecule has 0 atom stereocenters. The van der Waals surface area contributed by atoms with Gasteiger partial charge in [0.2, 0.25) is 0 Å². The molecule has 84 valence electrons. The predicted molar refractivity (Wildman–Crippen MR) is 68.9 cm³/mol. The molecule has 1 rings (SSSR count). The van der Waals surface area contributed by atoms with Crippen LogP contribution < -0.4 is 17.0 Å². The summed E-state index contributed by atoms with van der Waals surface area (Å²) in [5.41, 5.74) is 11.0. The van der Waals surface area contributed by atoms with Crippen molar-refractivity contribution < 1.29 is 0 Å². The zero-order valence-electron chi connectivity index (χ0n) is 9.35. The van der Waals surface area contributed by atoms with Crippen molar-refractivity contribution in [1.29, 1.82) is 0 Å². The van der Waals surface area contributed by atoms with Crippen LogP contribution in [0, 0.1) is 6.92 Å². The van der Waals surface area contributed by atoms with Gasteiger partial charge >= 0.3 is 0 Å². The molecule has 0 aliphatic rings. The van der Waals surface area contributed by atoms with E-state index in [0.29, 0.717) is 0 Å². The quantitative estimate of drug-likeness (QED) is 0.408. The van der Waals surface area contributed by atoms with E-state index < -0.39 is 0 Å². The average molecular weight is 215 g/mol. The molecule has 3 nitrogen and oxygen atoms in total. The molecule has 0 radical (unpaired) electrons. The Morgan fingerprint density at radius 2 is 1.94 bits per heavy atom. The summed E-state index contributed by atoms with van der Waals surface area (Å²) in [6.07, 6.45) is 8.84. The average Bonchev–Trinajstić information content (AvgIpc) is 2.32. The lowest BCUT2D eigenvalue weighted by Crippen LogP contribution is -2.19. The third-order valence-electron chi connectivity index (χ3n) is 2.09. The molecule has 0 saturated heterocycles. The topological polar surface area (TPSA) is 64.1 Å². The highest BCUT2D eigenvalue weighted by molar-refractivity contribution is 5.53. The highest BCUT2D eigenvalue weighted by Crippen LogP contribution is 2.06. The van der Waals surface area contributed by atoms with Crippen molar-refractivity contribution in [3.63, 3.8) is 0 Å². The second kappa shape index (κ2) is 6.48. The van der Waals surface area contributed by atoms with Crippen LogP contribution in [0.25, 0.3) is 6.08 Å². The number of hydrazine groups is 1. The minimum Gasteiger partial charge on any atom is -0.405 e. The Bertz CT molecular complexity index is 400. The predicted octanol–water partition coefficient (Wildman–Crippen LogP) is 1.83. The van der Waals surface area contributed by atoms with Crippen molar-refractivity contribution in [2.45, 2.75) is 6.92 Å². The summed E-state index contributed by atoms with van der Waals surface area (Å²) < 4.78 is 0. The molecule has 0 spiro atoms. The summed E-state index contributed by atoms with van der Waals surface area (Å²) in [5.74, 6) is 5.36. The van der Waals surface area contributed by atoms with Crippen LogP contribution in [0.1, 0.15) is 11.1 Å². The van der Waals surface area contributed by atoms with Crippen molar-refractivity contribution >= 4 is 6.08 Å². The second-order valence-corrected chi connectivity index (χ2v) is 3.40. The van der Waals surface area contributed by atoms with Gasteiger partial charge in [-0.25, -0.2) is 0 Å². The normalized spacial score (nSPS) is 12.5. The number of nitrogens with one attached hydrogen (secondary N) is 1. The van der Waals surface area contributed by atoms with Gasteiger partial charge in [0.25, 0.3) is 0 Å². The van der Waals surface area contributed by atoms with Crippen LogP contribution in [-0.4, -0.2) is 0 Å². The molecule has 1 aromatic carbocycles. The maximum atomic E-state index is 5.36. The summed E-state index contributed by atoms with van der Waals surface area (Å²) in [4.78, 5) is 0. The van der Waals surface area contributed by atoms with E-state index in [-0.39, 0.29) is 0 Å². The number of aryl methyl sites for hydroxylation is 1. The maximum absolute atomic E-state index is 5.36. The summed E-state index contributed by atoms with van der Waals surface area (Å²) in [7, 11) is 0. The van der Waals surface area contributed by atoms with Gasteiger partial charge in [-0.15, -0.1) is 0 Å². The zero-order valence-corrected chi connectivity index (χ0v) is 9.35. The Labute approximate surface area is 96.1 Å². The smallest absolute Gasteiger partial charge is 0.0485 e. The first-order valence-corrected chi connectivity index (χ1v) is 5.06. The lowest BCUT2D eigenvalue weighted by atomic mass is 10.1. The molecular formula is C13H17N3. The van der Waals surface area contributed by atoms with E-state index in [1.807, 2.05) is 12.2 Å². The molecule has 0 aromatic heterocycles. The molecule has 0 unspecified atom stereocenters. The van der Waals surface area contributed by atoms with Crippen LogP contribution in [-0.2, 0) is 0 Å². The van der Waals surface area contributed by atoms with E-state index in [4.69, 9.17) is 11.6 Å². The van der Waals surface area contributed by atoms with E-state index >= 15 is 0 Å². The molecule has 5 N–H and O–H groups in total. The third kappa shape index (κ3) is 4.02. The fourth-order valence-electron chi connectivity index (χ4n) is 1.17. The van der Waals surface area contributed by atoms with E-state index in [0.717, 1.165) is 11.3 Å². The molecule has 0 bridgehead atoms. The van der Waals surface area contributed by atoms with Gasteiger partial charge in [-0.1, -0.05) is 35.9 Å². The Balaban J connectivity index is 2.75. The number of hydrogen-bond donors (Lipinski definition) is 3. The van der Waals surface area contributed by atoms with Crippen LogP contribution in [0.4, 0.5) is 0 Å². The molecule has 16 heavy (non-hydrogen) atoms. The van der Waals surface area contributed by atoms with Gasteiger partial charge in [0.15, 0.2) is 0 Å². The molecule has 0 amide bonds. The fraction of sp³-hybridized carbons (Fsp3) is 0.0769. The zero-order chi connectivity index (χ0) is 11.8. The van der Waals surface area contributed by atoms with Gasteiger partial charge in [0.1, 0.15) is 0 Å². The van der Waals surface area contributed by atoms with Crippen molar-refractivity contribution in [1.82, 2.24) is 5.43 Å². The number of allylic oxidation sites excluding steroid dienone is 3. The first kappa shape index (κ1) is 12.1. The summed E-state index contributed by atoms with van der Waals surface area (Å²) >= 11 is 0. The summed E-state index contributed by atoms with van der Waals surface area (Å²) in [5, 5.41) is 0. The van der Waals surface area contributed by atoms with Gasteiger partial charge in [-0.05, 0) is 36.9 Å². The summed E-state index contributed by atoms with van der Waals surface area (Å²) in [6.45, 7) is 2.06. The Morgan fingerprint density at radius 3 is 2.50 bits per heavy atom. The molecule has 0 aliphatic carbocycles. The Hall–Kier alpha value is -2.00. The third-order valence-corrected chi connectivity index (χ3v) is 2.09. The second-order valence-electron chi connectivity index (χ2n) is 3.40. The lowest BCUT2D eigenvalue weighted by Gasteiger charge is -1.99. The Morgan fingerprint density at radius 1 is 1.25 bits per heavy atom. The fourth-order valence-corrected chi connectivity index (χ4v) is 1.17. The van der Waals surface area contributed by atoms with Gasteiger partial charge < -0.3 is 11.2 Å². The highest BCUT2D eigenvalue weighted by Gasteiger charge is 1.88. The first-order chi connectivity index (χ1) is 7.76. The molecule has 0 aliphatic heterocycles. The van der Waals surface area contributed by atoms with E-state index in [9.17, 15) is 0 Å². The van der Waals surface area contributed by atoms with Crippen molar-refractivity contribution in [2.24, 2.45) is 11.6 Å². The van der Waals surface area contributed by atoms with Gasteiger partial charge in [-0.3, -0.25) is 5.84 Å². The molecular weight excluding hydrogens is 198 g/mol. The van der Waals surface area contributed by atoms with Crippen LogP contribution >= 0.6 is 0 Å². The van der Waals surface area contributed by atoms with E-state index in [2.05, 4.69) is 36.6 Å². The molecule has 3 heteroatoms. The molecule has 1 aromatic rings. The van der Waals surface area contributed by atoms with Crippen molar-refractivity contribution in [3.05, 3.63) is 65.5 Å². The monoisotopic (exact) mass is 215 g/mol. The minimum atomic E-state index is 0.794. The molecule has 0 saturated carbocycles. The van der Waals surface area contributed by atoms with Gasteiger partial charge in [-0.2, -0.15) is 0 Å².